The van der Waals surface area contributed by atoms with E-state index in [1.54, 1.807) is 12.1 Å². The molecule has 0 bridgehead atoms. The molecule has 3 N–H and O–H groups in total. The van der Waals surface area contributed by atoms with Crippen molar-refractivity contribution in [2.24, 2.45) is 5.73 Å². The fourth-order valence-electron chi connectivity index (χ4n) is 2.29. The summed E-state index contributed by atoms with van der Waals surface area (Å²) in [7, 11) is 0. The monoisotopic (exact) mass is 380 g/mol. The molecule has 0 radical (unpaired) electrons. The zero-order chi connectivity index (χ0) is 20.4. The minimum absolute atomic E-state index is 0.00320. The summed E-state index contributed by atoms with van der Waals surface area (Å²) >= 11 is 0. The molecule has 0 spiro atoms. The number of ether oxygens (including phenoxy) is 2. The number of benzene rings is 2. The summed E-state index contributed by atoms with van der Waals surface area (Å²) in [6.45, 7) is 0.171. The van der Waals surface area contributed by atoms with E-state index in [4.69, 9.17) is 25.6 Å². The van der Waals surface area contributed by atoms with Crippen LogP contribution in [-0.2, 0) is 20.9 Å². The van der Waals surface area contributed by atoms with Gasteiger partial charge in [0.2, 0.25) is 0 Å². The van der Waals surface area contributed by atoms with Gasteiger partial charge >= 0.3 is 11.9 Å². The van der Waals surface area contributed by atoms with Crippen LogP contribution in [0.5, 0.6) is 5.75 Å². The molecule has 0 heterocycles. The van der Waals surface area contributed by atoms with Gasteiger partial charge in [0.15, 0.2) is 0 Å². The lowest BCUT2D eigenvalue weighted by Gasteiger charge is -2.14. The molecular formula is C21H20N2O5. The van der Waals surface area contributed by atoms with E-state index < -0.39 is 18.0 Å². The normalized spacial score (nSPS) is 11.6. The second-order valence-electron chi connectivity index (χ2n) is 5.96. The van der Waals surface area contributed by atoms with Gasteiger partial charge in [-0.2, -0.15) is 5.26 Å². The average molecular weight is 380 g/mol. The number of nitrogens with two attached hydrogens (primary N) is 1. The van der Waals surface area contributed by atoms with Crippen molar-refractivity contribution in [3.8, 4) is 11.8 Å². The van der Waals surface area contributed by atoms with E-state index in [0.29, 0.717) is 16.9 Å². The number of carboxylic acid groups (broad SMARTS) is 1. The van der Waals surface area contributed by atoms with E-state index in [1.807, 2.05) is 36.4 Å². The standard InChI is InChI=1S/C21H20N2O5/c22-12-16-6-7-17(8-9-20(24)25)19(10-16)27-14-18(23)11-21(26)28-13-15-4-2-1-3-5-15/h1-10,18H,11,13-14,23H2,(H,24,25). The van der Waals surface area contributed by atoms with Gasteiger partial charge in [-0.1, -0.05) is 30.3 Å². The molecule has 0 aliphatic rings. The highest BCUT2D eigenvalue weighted by atomic mass is 16.5. The van der Waals surface area contributed by atoms with Crippen molar-refractivity contribution >= 4 is 18.0 Å². The Bertz CT molecular complexity index is 887. The van der Waals surface area contributed by atoms with Gasteiger partial charge in [0.1, 0.15) is 19.0 Å². The van der Waals surface area contributed by atoms with E-state index in [0.717, 1.165) is 11.6 Å². The highest BCUT2D eigenvalue weighted by molar-refractivity contribution is 5.86. The van der Waals surface area contributed by atoms with Gasteiger partial charge in [-0.3, -0.25) is 4.79 Å². The molecule has 0 saturated heterocycles. The van der Waals surface area contributed by atoms with E-state index in [-0.39, 0.29) is 19.6 Å². The lowest BCUT2D eigenvalue weighted by molar-refractivity contribution is -0.145. The van der Waals surface area contributed by atoms with Crippen LogP contribution < -0.4 is 10.5 Å². The number of hydrogen-bond donors (Lipinski definition) is 2. The summed E-state index contributed by atoms with van der Waals surface area (Å²) in [5.74, 6) is -1.24. The van der Waals surface area contributed by atoms with Crippen LogP contribution in [0.2, 0.25) is 0 Å². The molecule has 0 aliphatic carbocycles. The first-order valence-electron chi connectivity index (χ1n) is 8.51. The van der Waals surface area contributed by atoms with Crippen LogP contribution in [0.1, 0.15) is 23.1 Å². The molecule has 0 amide bonds. The number of nitriles is 1. The largest absolute Gasteiger partial charge is 0.491 e. The van der Waals surface area contributed by atoms with Gasteiger partial charge in [0.05, 0.1) is 18.1 Å². The molecular weight excluding hydrogens is 360 g/mol. The van der Waals surface area contributed by atoms with Gasteiger partial charge < -0.3 is 20.3 Å². The van der Waals surface area contributed by atoms with Crippen LogP contribution in [0, 0.1) is 11.3 Å². The molecule has 0 aliphatic heterocycles. The quantitative estimate of drug-likeness (QED) is 0.506. The average Bonchev–Trinajstić information content (AvgIpc) is 2.70. The molecule has 2 aromatic carbocycles. The maximum atomic E-state index is 11.9. The van der Waals surface area contributed by atoms with Gasteiger partial charge in [-0.25, -0.2) is 4.79 Å². The number of carboxylic acids is 1. The third kappa shape index (κ3) is 6.94. The highest BCUT2D eigenvalue weighted by Gasteiger charge is 2.13. The summed E-state index contributed by atoms with van der Waals surface area (Å²) in [6.07, 6.45) is 2.29. The Kier molecular flexibility index (Phi) is 7.76. The molecule has 1 unspecified atom stereocenters. The molecule has 0 saturated carbocycles. The van der Waals surface area contributed by atoms with Gasteiger partial charge in [-0.15, -0.1) is 0 Å². The van der Waals surface area contributed by atoms with E-state index >= 15 is 0 Å². The smallest absolute Gasteiger partial charge is 0.328 e. The Labute approximate surface area is 162 Å². The number of aliphatic carboxylic acids is 1. The zero-order valence-electron chi connectivity index (χ0n) is 15.1. The fraction of sp³-hybridized carbons (Fsp3) is 0.190. The lowest BCUT2D eigenvalue weighted by atomic mass is 10.1. The third-order valence-corrected chi connectivity index (χ3v) is 3.67. The van der Waals surface area contributed by atoms with E-state index in [2.05, 4.69) is 0 Å². The van der Waals surface area contributed by atoms with Gasteiger partial charge in [0, 0.05) is 17.7 Å². The van der Waals surface area contributed by atoms with Crippen molar-refractivity contribution in [3.05, 3.63) is 71.3 Å². The zero-order valence-corrected chi connectivity index (χ0v) is 15.1. The molecule has 0 fully saturated rings. The van der Waals surface area contributed by atoms with Crippen molar-refractivity contribution in [3.63, 3.8) is 0 Å². The first kappa shape index (κ1) is 20.7. The SMILES string of the molecule is N#Cc1ccc(C=CC(=O)O)c(OCC(N)CC(=O)OCc2ccccc2)c1. The van der Waals surface area contributed by atoms with Crippen molar-refractivity contribution in [2.45, 2.75) is 19.1 Å². The van der Waals surface area contributed by atoms with Crippen molar-refractivity contribution < 1.29 is 24.2 Å². The van der Waals surface area contributed by atoms with Crippen molar-refractivity contribution in [1.82, 2.24) is 0 Å². The number of carbonyl (C=O) groups excluding carboxylic acids is 1. The maximum Gasteiger partial charge on any atom is 0.328 e. The van der Waals surface area contributed by atoms with E-state index in [9.17, 15) is 9.59 Å². The number of rotatable bonds is 9. The molecule has 2 aromatic rings. The minimum Gasteiger partial charge on any atom is -0.491 e. The van der Waals surface area contributed by atoms with Crippen molar-refractivity contribution in [2.75, 3.05) is 6.61 Å². The Hall–Kier alpha value is -3.63. The minimum atomic E-state index is -1.10. The third-order valence-electron chi connectivity index (χ3n) is 3.67. The highest BCUT2D eigenvalue weighted by Crippen LogP contribution is 2.22. The summed E-state index contributed by atoms with van der Waals surface area (Å²) in [5.41, 5.74) is 7.66. The summed E-state index contributed by atoms with van der Waals surface area (Å²) in [6, 6.07) is 15.3. The predicted octanol–water partition coefficient (Wildman–Crippen LogP) is 2.50. The van der Waals surface area contributed by atoms with Gasteiger partial charge in [-0.05, 0) is 29.8 Å². The molecule has 0 aromatic heterocycles. The number of carbonyl (C=O) groups is 2. The van der Waals surface area contributed by atoms with Crippen LogP contribution >= 0.6 is 0 Å². The topological polar surface area (TPSA) is 123 Å². The number of hydrogen-bond acceptors (Lipinski definition) is 6. The Morgan fingerprint density at radius 3 is 2.64 bits per heavy atom. The number of nitrogens with zero attached hydrogens (tertiary/aromatic N) is 1. The first-order valence-corrected chi connectivity index (χ1v) is 8.51. The van der Waals surface area contributed by atoms with Gasteiger partial charge in [0.25, 0.3) is 0 Å². The van der Waals surface area contributed by atoms with Crippen LogP contribution in [0.3, 0.4) is 0 Å². The number of esters is 1. The molecule has 1 atom stereocenters. The van der Waals surface area contributed by atoms with Crippen LogP contribution in [0.4, 0.5) is 0 Å². The molecule has 2 rings (SSSR count). The van der Waals surface area contributed by atoms with Crippen LogP contribution in [0.15, 0.2) is 54.6 Å². The Morgan fingerprint density at radius 2 is 1.96 bits per heavy atom. The Balaban J connectivity index is 1.90. The molecule has 144 valence electrons. The van der Waals surface area contributed by atoms with Crippen molar-refractivity contribution in [1.29, 1.82) is 5.26 Å². The fourth-order valence-corrected chi connectivity index (χ4v) is 2.29. The molecule has 7 nitrogen and oxygen atoms in total. The molecule has 7 heteroatoms. The summed E-state index contributed by atoms with van der Waals surface area (Å²) in [4.78, 5) is 22.6. The predicted molar refractivity (Wildman–Crippen MR) is 102 cm³/mol. The summed E-state index contributed by atoms with van der Waals surface area (Å²) in [5, 5.41) is 17.8. The van der Waals surface area contributed by atoms with Crippen LogP contribution in [-0.4, -0.2) is 29.7 Å². The maximum absolute atomic E-state index is 11.9. The Morgan fingerprint density at radius 1 is 1.21 bits per heavy atom. The van der Waals surface area contributed by atoms with E-state index in [1.165, 1.54) is 12.1 Å². The van der Waals surface area contributed by atoms with Crippen LogP contribution in [0.25, 0.3) is 6.08 Å². The second kappa shape index (κ2) is 10.5. The molecule has 28 heavy (non-hydrogen) atoms. The second-order valence-corrected chi connectivity index (χ2v) is 5.96. The lowest BCUT2D eigenvalue weighted by Crippen LogP contribution is -2.31. The first-order chi connectivity index (χ1) is 13.5. The summed E-state index contributed by atoms with van der Waals surface area (Å²) < 4.78 is 10.8.